The third kappa shape index (κ3) is 4.78. The summed E-state index contributed by atoms with van der Waals surface area (Å²) in [4.78, 5) is 13.3. The number of benzene rings is 1. The van der Waals surface area contributed by atoms with Gasteiger partial charge < -0.3 is 10.0 Å². The van der Waals surface area contributed by atoms with Crippen molar-refractivity contribution in [3.8, 4) is 6.07 Å². The zero-order valence-corrected chi connectivity index (χ0v) is 10.6. The number of carbonyl (C=O) groups excluding carboxylic acids is 1. The van der Waals surface area contributed by atoms with Gasteiger partial charge in [0.2, 0.25) is 5.91 Å². The Bertz CT molecular complexity index is 498. The van der Waals surface area contributed by atoms with Crippen molar-refractivity contribution in [1.82, 2.24) is 4.90 Å². The van der Waals surface area contributed by atoms with Gasteiger partial charge in [0.1, 0.15) is 0 Å². The molecule has 0 radical (unpaired) electrons. The molecule has 0 aliphatic rings. The van der Waals surface area contributed by atoms with E-state index in [2.05, 4.69) is 6.58 Å². The molecule has 0 saturated heterocycles. The standard InChI is InChI=1S/C15H16N2O2/c1-2-9-17(10-11-18)15(19)8-7-13-3-5-14(12-16)6-4-13/h2-8,18H,1,9-11H2/b8-7+. The molecular weight excluding hydrogens is 240 g/mol. The summed E-state index contributed by atoms with van der Waals surface area (Å²) in [6, 6.07) is 8.96. The van der Waals surface area contributed by atoms with Crippen molar-refractivity contribution >= 4 is 12.0 Å². The Hall–Kier alpha value is -2.38. The minimum absolute atomic E-state index is 0.0791. The molecule has 4 nitrogen and oxygen atoms in total. The quantitative estimate of drug-likeness (QED) is 0.621. The number of nitrogens with zero attached hydrogens (tertiary/aromatic N) is 2. The molecule has 1 N–H and O–H groups in total. The molecule has 0 aliphatic heterocycles. The molecule has 0 fully saturated rings. The molecule has 4 heteroatoms. The van der Waals surface area contributed by atoms with E-state index in [1.165, 1.54) is 11.0 Å². The molecule has 1 aromatic carbocycles. The van der Waals surface area contributed by atoms with Crippen LogP contribution >= 0.6 is 0 Å². The first-order valence-electron chi connectivity index (χ1n) is 5.90. The van der Waals surface area contributed by atoms with Gasteiger partial charge in [-0.2, -0.15) is 5.26 Å². The topological polar surface area (TPSA) is 64.3 Å². The maximum absolute atomic E-state index is 11.8. The highest BCUT2D eigenvalue weighted by Crippen LogP contribution is 2.05. The maximum atomic E-state index is 11.8. The molecule has 1 rings (SSSR count). The minimum Gasteiger partial charge on any atom is -0.395 e. The van der Waals surface area contributed by atoms with Gasteiger partial charge in [-0.25, -0.2) is 0 Å². The largest absolute Gasteiger partial charge is 0.395 e. The summed E-state index contributed by atoms with van der Waals surface area (Å²) in [7, 11) is 0. The lowest BCUT2D eigenvalue weighted by molar-refractivity contribution is -0.125. The lowest BCUT2D eigenvalue weighted by Gasteiger charge is -2.17. The second-order valence-electron chi connectivity index (χ2n) is 3.86. The van der Waals surface area contributed by atoms with Crippen molar-refractivity contribution in [3.05, 3.63) is 54.1 Å². The van der Waals surface area contributed by atoms with E-state index in [0.29, 0.717) is 12.1 Å². The fourth-order valence-corrected chi connectivity index (χ4v) is 1.51. The first-order valence-corrected chi connectivity index (χ1v) is 5.90. The van der Waals surface area contributed by atoms with E-state index in [4.69, 9.17) is 10.4 Å². The van der Waals surface area contributed by atoms with E-state index < -0.39 is 0 Å². The van der Waals surface area contributed by atoms with Gasteiger partial charge >= 0.3 is 0 Å². The average molecular weight is 256 g/mol. The van der Waals surface area contributed by atoms with Crippen LogP contribution in [-0.2, 0) is 4.79 Å². The van der Waals surface area contributed by atoms with Crippen molar-refractivity contribution in [3.63, 3.8) is 0 Å². The molecule has 0 unspecified atom stereocenters. The number of carbonyl (C=O) groups is 1. The van der Waals surface area contributed by atoms with Crippen LogP contribution in [0, 0.1) is 11.3 Å². The number of rotatable bonds is 6. The van der Waals surface area contributed by atoms with Crippen LogP contribution < -0.4 is 0 Å². The molecule has 19 heavy (non-hydrogen) atoms. The SMILES string of the molecule is C=CCN(CCO)C(=O)/C=C/c1ccc(C#N)cc1. The molecular formula is C15H16N2O2. The first kappa shape index (κ1) is 14.7. The molecule has 0 aromatic heterocycles. The number of aliphatic hydroxyl groups is 1. The van der Waals surface area contributed by atoms with Crippen LogP contribution in [0.1, 0.15) is 11.1 Å². The van der Waals surface area contributed by atoms with E-state index >= 15 is 0 Å². The number of nitriles is 1. The van der Waals surface area contributed by atoms with E-state index in [1.807, 2.05) is 6.07 Å². The van der Waals surface area contributed by atoms with Crippen LogP contribution in [0.3, 0.4) is 0 Å². The van der Waals surface area contributed by atoms with Gasteiger partial charge in [0, 0.05) is 19.2 Å². The Labute approximate surface area is 112 Å². The smallest absolute Gasteiger partial charge is 0.246 e. The van der Waals surface area contributed by atoms with Crippen molar-refractivity contribution in [2.45, 2.75) is 0 Å². The summed E-state index contributed by atoms with van der Waals surface area (Å²) in [5, 5.41) is 17.5. The van der Waals surface area contributed by atoms with Crippen LogP contribution in [0.15, 0.2) is 43.0 Å². The van der Waals surface area contributed by atoms with Crippen LogP contribution in [0.4, 0.5) is 0 Å². The fourth-order valence-electron chi connectivity index (χ4n) is 1.51. The average Bonchev–Trinajstić information content (AvgIpc) is 2.45. The third-order valence-corrected chi connectivity index (χ3v) is 2.49. The molecule has 0 saturated carbocycles. The van der Waals surface area contributed by atoms with E-state index in [1.54, 1.807) is 36.4 Å². The minimum atomic E-state index is -0.182. The Morgan fingerprint density at radius 2 is 2.11 bits per heavy atom. The summed E-state index contributed by atoms with van der Waals surface area (Å²) in [6.07, 6.45) is 4.74. The first-order chi connectivity index (χ1) is 9.21. The number of aliphatic hydroxyl groups excluding tert-OH is 1. The number of hydrogen-bond donors (Lipinski definition) is 1. The van der Waals surface area contributed by atoms with Crippen LogP contribution in [0.25, 0.3) is 6.08 Å². The van der Waals surface area contributed by atoms with E-state index in [9.17, 15) is 4.79 Å². The fraction of sp³-hybridized carbons (Fsp3) is 0.200. The molecule has 0 heterocycles. The van der Waals surface area contributed by atoms with Crippen molar-refractivity contribution < 1.29 is 9.90 Å². The van der Waals surface area contributed by atoms with Crippen LogP contribution in [0.2, 0.25) is 0 Å². The molecule has 1 aromatic rings. The zero-order valence-electron chi connectivity index (χ0n) is 10.6. The van der Waals surface area contributed by atoms with Crippen molar-refractivity contribution in [1.29, 1.82) is 5.26 Å². The zero-order chi connectivity index (χ0) is 14.1. The Morgan fingerprint density at radius 1 is 1.42 bits per heavy atom. The van der Waals surface area contributed by atoms with E-state index in [-0.39, 0.29) is 19.1 Å². The molecule has 0 aliphatic carbocycles. The van der Waals surface area contributed by atoms with E-state index in [0.717, 1.165) is 5.56 Å². The van der Waals surface area contributed by atoms with Gasteiger partial charge in [-0.3, -0.25) is 4.79 Å². The van der Waals surface area contributed by atoms with Gasteiger partial charge in [-0.1, -0.05) is 18.2 Å². The van der Waals surface area contributed by atoms with Crippen LogP contribution in [0.5, 0.6) is 0 Å². The molecule has 0 spiro atoms. The van der Waals surface area contributed by atoms with Crippen molar-refractivity contribution in [2.24, 2.45) is 0 Å². The predicted molar refractivity (Wildman–Crippen MR) is 74.1 cm³/mol. The Balaban J connectivity index is 2.70. The van der Waals surface area contributed by atoms with Gasteiger partial charge in [-0.15, -0.1) is 6.58 Å². The highest BCUT2D eigenvalue weighted by atomic mass is 16.3. The van der Waals surface area contributed by atoms with Gasteiger partial charge in [0.25, 0.3) is 0 Å². The monoisotopic (exact) mass is 256 g/mol. The summed E-state index contributed by atoms with van der Waals surface area (Å²) >= 11 is 0. The highest BCUT2D eigenvalue weighted by molar-refractivity contribution is 5.91. The maximum Gasteiger partial charge on any atom is 0.246 e. The second-order valence-corrected chi connectivity index (χ2v) is 3.86. The van der Waals surface area contributed by atoms with Gasteiger partial charge in [0.05, 0.1) is 18.2 Å². The number of amides is 1. The third-order valence-electron chi connectivity index (χ3n) is 2.49. The number of hydrogen-bond acceptors (Lipinski definition) is 3. The van der Waals surface area contributed by atoms with Crippen molar-refractivity contribution in [2.75, 3.05) is 19.7 Å². The lowest BCUT2D eigenvalue weighted by Crippen LogP contribution is -2.32. The lowest BCUT2D eigenvalue weighted by atomic mass is 10.1. The van der Waals surface area contributed by atoms with Gasteiger partial charge in [0.15, 0.2) is 0 Å². The predicted octanol–water partition coefficient (Wildman–Crippen LogP) is 1.58. The molecule has 1 amide bonds. The highest BCUT2D eigenvalue weighted by Gasteiger charge is 2.07. The summed E-state index contributed by atoms with van der Waals surface area (Å²) in [5.41, 5.74) is 1.42. The Morgan fingerprint density at radius 3 is 2.63 bits per heavy atom. The summed E-state index contributed by atoms with van der Waals surface area (Å²) in [5.74, 6) is -0.182. The molecule has 0 atom stereocenters. The summed E-state index contributed by atoms with van der Waals surface area (Å²) in [6.45, 7) is 4.17. The summed E-state index contributed by atoms with van der Waals surface area (Å²) < 4.78 is 0. The van der Waals surface area contributed by atoms with Gasteiger partial charge in [-0.05, 0) is 23.8 Å². The normalized spacial score (nSPS) is 10.1. The van der Waals surface area contributed by atoms with Crippen LogP contribution in [-0.4, -0.2) is 35.6 Å². The molecule has 98 valence electrons. The molecule has 0 bridgehead atoms. The Kier molecular flexibility index (Phi) is 6.07. The second kappa shape index (κ2) is 7.85.